The maximum absolute atomic E-state index is 15.1. The highest BCUT2D eigenvalue weighted by Gasteiger charge is 2.59. The van der Waals surface area contributed by atoms with Crippen molar-refractivity contribution in [2.75, 3.05) is 31.8 Å². The summed E-state index contributed by atoms with van der Waals surface area (Å²) in [5, 5.41) is 3.25. The summed E-state index contributed by atoms with van der Waals surface area (Å²) in [7, 11) is -1.59. The molecule has 12 heteroatoms. The normalized spacial score (nSPS) is 19.0. The number of carbonyl (C=O) groups excluding carboxylic acids is 1. The Hall–Kier alpha value is -3.09. The van der Waals surface area contributed by atoms with Gasteiger partial charge in [0.15, 0.2) is 5.82 Å². The number of amides is 1. The number of nitrogens with zero attached hydrogens (tertiary/aromatic N) is 4. The maximum atomic E-state index is 15.1. The van der Waals surface area contributed by atoms with E-state index >= 15 is 4.39 Å². The molecule has 1 amide bonds. The number of fused-ring (bicyclic) bond motifs is 2. The summed E-state index contributed by atoms with van der Waals surface area (Å²) in [6.45, 7) is 3.20. The monoisotopic (exact) mass is 571 g/mol. The molecule has 4 heterocycles. The molecule has 39 heavy (non-hydrogen) atoms. The van der Waals surface area contributed by atoms with Gasteiger partial charge in [-0.25, -0.2) is 27.1 Å². The first kappa shape index (κ1) is 26.1. The SMILES string of the molecule is COc1ccc(CN2C(=O)c3c(sc(-c4nc(NC5CCN(S(C)(=O)=O)CC5)ncc4F)c3C)C23CC3)cc1. The second-order valence-corrected chi connectivity index (χ2v) is 13.5. The van der Waals surface area contributed by atoms with Crippen LogP contribution in [0.15, 0.2) is 30.5 Å². The molecule has 0 atom stereocenters. The fourth-order valence-corrected chi connectivity index (χ4v) is 8.06. The number of halogens is 1. The van der Waals surface area contributed by atoms with Crippen LogP contribution in [-0.2, 0) is 22.1 Å². The van der Waals surface area contributed by atoms with Crippen molar-refractivity contribution in [3.63, 3.8) is 0 Å². The van der Waals surface area contributed by atoms with Gasteiger partial charge in [0.25, 0.3) is 5.91 Å². The van der Waals surface area contributed by atoms with E-state index in [1.54, 1.807) is 7.11 Å². The van der Waals surface area contributed by atoms with E-state index in [9.17, 15) is 13.2 Å². The number of hydrogen-bond acceptors (Lipinski definition) is 8. The predicted octanol–water partition coefficient (Wildman–Crippen LogP) is 4.14. The Labute approximate surface area is 231 Å². The summed E-state index contributed by atoms with van der Waals surface area (Å²) in [4.78, 5) is 25.9. The van der Waals surface area contributed by atoms with Crippen molar-refractivity contribution in [2.45, 2.75) is 50.7 Å². The summed E-state index contributed by atoms with van der Waals surface area (Å²) < 4.78 is 45.4. The first-order valence-electron chi connectivity index (χ1n) is 12.9. The van der Waals surface area contributed by atoms with Crippen LogP contribution in [0.1, 0.15) is 52.0 Å². The largest absolute Gasteiger partial charge is 0.497 e. The number of ether oxygens (including phenoxy) is 1. The molecule has 206 valence electrons. The number of rotatable bonds is 7. The number of aromatic nitrogens is 2. The van der Waals surface area contributed by atoms with Gasteiger partial charge in [0.1, 0.15) is 11.4 Å². The second kappa shape index (κ2) is 9.53. The number of carbonyl (C=O) groups is 1. The molecule has 3 aliphatic rings. The van der Waals surface area contributed by atoms with Gasteiger partial charge in [-0.1, -0.05) is 12.1 Å². The highest BCUT2D eigenvalue weighted by atomic mass is 32.2. The Kier molecular flexibility index (Phi) is 6.39. The standard InChI is InChI=1S/C27H30FN5O4S2/c1-16-21-24(27(10-11-27)33(25(21)34)15-17-4-6-19(37-2)7-5-17)38-23(16)22-20(28)14-29-26(31-22)30-18-8-12-32(13-9-18)39(3,35)36/h4-7,14,18H,8-13,15H2,1-3H3,(H,29,30,31). The molecular formula is C27H30FN5O4S2. The number of nitrogens with one attached hydrogen (secondary N) is 1. The van der Waals surface area contributed by atoms with Crippen LogP contribution < -0.4 is 10.1 Å². The number of piperidine rings is 1. The van der Waals surface area contributed by atoms with Crippen LogP contribution in [0.2, 0.25) is 0 Å². The molecule has 0 radical (unpaired) electrons. The van der Waals surface area contributed by atoms with Crippen LogP contribution in [0.5, 0.6) is 5.75 Å². The first-order chi connectivity index (χ1) is 18.6. The Bertz CT molecular complexity index is 1540. The van der Waals surface area contributed by atoms with Crippen molar-refractivity contribution in [1.29, 1.82) is 0 Å². The van der Waals surface area contributed by atoms with E-state index in [1.807, 2.05) is 36.1 Å². The molecule has 0 unspecified atom stereocenters. The number of thiophene rings is 1. The fourth-order valence-electron chi connectivity index (χ4n) is 5.64. The number of sulfonamides is 1. The number of hydrogen-bond donors (Lipinski definition) is 1. The van der Waals surface area contributed by atoms with Crippen molar-refractivity contribution >= 4 is 33.2 Å². The number of anilines is 1. The van der Waals surface area contributed by atoms with Gasteiger partial charge in [-0.05, 0) is 55.9 Å². The Morgan fingerprint density at radius 3 is 2.51 bits per heavy atom. The molecule has 1 saturated carbocycles. The zero-order valence-electron chi connectivity index (χ0n) is 22.0. The topological polar surface area (TPSA) is 105 Å². The van der Waals surface area contributed by atoms with Crippen molar-refractivity contribution in [3.8, 4) is 16.3 Å². The van der Waals surface area contributed by atoms with Crippen LogP contribution in [0.4, 0.5) is 10.3 Å². The van der Waals surface area contributed by atoms with Crippen LogP contribution >= 0.6 is 11.3 Å². The lowest BCUT2D eigenvalue weighted by Gasteiger charge is -2.30. The minimum atomic E-state index is -3.22. The third kappa shape index (κ3) is 4.57. The highest BCUT2D eigenvalue weighted by Crippen LogP contribution is 2.61. The summed E-state index contributed by atoms with van der Waals surface area (Å²) in [6.07, 6.45) is 5.35. The number of benzene rings is 1. The van der Waals surface area contributed by atoms with Crippen LogP contribution in [-0.4, -0.2) is 66.0 Å². The minimum absolute atomic E-state index is 0.0152. The lowest BCUT2D eigenvalue weighted by atomic mass is 10.1. The van der Waals surface area contributed by atoms with Crippen molar-refractivity contribution in [1.82, 2.24) is 19.2 Å². The lowest BCUT2D eigenvalue weighted by Crippen LogP contribution is -2.42. The third-order valence-corrected chi connectivity index (χ3v) is 10.8. The van der Waals surface area contributed by atoms with Gasteiger partial charge in [-0.15, -0.1) is 11.3 Å². The van der Waals surface area contributed by atoms with E-state index in [1.165, 1.54) is 21.9 Å². The summed E-state index contributed by atoms with van der Waals surface area (Å²) in [5.41, 5.74) is 2.29. The summed E-state index contributed by atoms with van der Waals surface area (Å²) >= 11 is 1.45. The number of methoxy groups -OCH3 is 1. The molecule has 1 saturated heterocycles. The lowest BCUT2D eigenvalue weighted by molar-refractivity contribution is 0.0684. The molecular weight excluding hydrogens is 541 g/mol. The van der Waals surface area contributed by atoms with Crippen molar-refractivity contribution in [2.24, 2.45) is 0 Å². The van der Waals surface area contributed by atoms with Gasteiger partial charge in [0, 0.05) is 30.6 Å². The van der Waals surface area contributed by atoms with Gasteiger partial charge < -0.3 is 15.0 Å². The van der Waals surface area contributed by atoms with Crippen LogP contribution in [0.3, 0.4) is 0 Å². The van der Waals surface area contributed by atoms with Gasteiger partial charge in [-0.3, -0.25) is 4.79 Å². The van der Waals surface area contributed by atoms with E-state index < -0.39 is 15.8 Å². The molecule has 2 aliphatic heterocycles. The molecule has 2 aromatic heterocycles. The highest BCUT2D eigenvalue weighted by molar-refractivity contribution is 7.88. The summed E-state index contributed by atoms with van der Waals surface area (Å²) in [6, 6.07) is 7.73. The quantitative estimate of drug-likeness (QED) is 0.455. The van der Waals surface area contributed by atoms with E-state index in [2.05, 4.69) is 15.3 Å². The van der Waals surface area contributed by atoms with E-state index in [4.69, 9.17) is 4.74 Å². The van der Waals surface area contributed by atoms with E-state index in [0.29, 0.717) is 48.9 Å². The molecule has 6 rings (SSSR count). The van der Waals surface area contributed by atoms with E-state index in [-0.39, 0.29) is 23.2 Å². The molecule has 1 N–H and O–H groups in total. The van der Waals surface area contributed by atoms with Crippen molar-refractivity contribution < 1.29 is 22.3 Å². The molecule has 2 fully saturated rings. The Morgan fingerprint density at radius 1 is 1.21 bits per heavy atom. The molecule has 1 aromatic carbocycles. The average molecular weight is 572 g/mol. The van der Waals surface area contributed by atoms with E-state index in [0.717, 1.165) is 40.8 Å². The Balaban J connectivity index is 1.24. The first-order valence-corrected chi connectivity index (χ1v) is 15.6. The molecule has 3 aromatic rings. The zero-order chi connectivity index (χ0) is 27.5. The van der Waals surface area contributed by atoms with Gasteiger partial charge >= 0.3 is 0 Å². The average Bonchev–Trinajstić information content (AvgIpc) is 3.59. The van der Waals surface area contributed by atoms with Gasteiger partial charge in [0.05, 0.1) is 35.5 Å². The minimum Gasteiger partial charge on any atom is -0.497 e. The maximum Gasteiger partial charge on any atom is 0.256 e. The third-order valence-electron chi connectivity index (χ3n) is 7.98. The predicted molar refractivity (Wildman–Crippen MR) is 147 cm³/mol. The molecule has 9 nitrogen and oxygen atoms in total. The second-order valence-electron chi connectivity index (χ2n) is 10.5. The Morgan fingerprint density at radius 2 is 1.90 bits per heavy atom. The summed E-state index contributed by atoms with van der Waals surface area (Å²) in [5.74, 6) is 0.504. The van der Waals surface area contributed by atoms with Gasteiger partial charge in [-0.2, -0.15) is 0 Å². The fraction of sp³-hybridized carbons (Fsp3) is 0.444. The smallest absolute Gasteiger partial charge is 0.256 e. The molecule has 0 bridgehead atoms. The van der Waals surface area contributed by atoms with Gasteiger partial charge in [0.2, 0.25) is 16.0 Å². The van der Waals surface area contributed by atoms with Crippen LogP contribution in [0.25, 0.3) is 10.6 Å². The van der Waals surface area contributed by atoms with Crippen LogP contribution in [0, 0.1) is 12.7 Å². The zero-order valence-corrected chi connectivity index (χ0v) is 23.7. The molecule has 1 spiro atoms. The van der Waals surface area contributed by atoms with Crippen molar-refractivity contribution in [3.05, 3.63) is 57.8 Å². The molecule has 1 aliphatic carbocycles.